The minimum Gasteiger partial charge on any atom is -0.545 e. The average molecular weight is 343 g/mol. The van der Waals surface area contributed by atoms with E-state index in [4.69, 9.17) is 0 Å². The quantitative estimate of drug-likeness (QED) is 0.725. The molecule has 0 amide bonds. The standard InChI is InChI=1S/2C7H6O2.Ru/c2*8-7(9)6-4-2-1-3-5-6;/h2*1-5H,(H,8,9);/q;;+2/p-2. The maximum absolute atomic E-state index is 10.1. The zero-order valence-electron chi connectivity index (χ0n) is 9.76. The molecule has 0 unspecified atom stereocenters. The second-order valence-electron chi connectivity index (χ2n) is 3.31. The second kappa shape index (κ2) is 9.00. The summed E-state index contributed by atoms with van der Waals surface area (Å²) in [4.78, 5) is 20.2. The van der Waals surface area contributed by atoms with Crippen molar-refractivity contribution >= 4 is 11.9 Å². The van der Waals surface area contributed by atoms with E-state index in [1.165, 1.54) is 24.3 Å². The Morgan fingerprint density at radius 3 is 1.05 bits per heavy atom. The summed E-state index contributed by atoms with van der Waals surface area (Å²) >= 11 is 0. The number of aromatic carboxylic acids is 2. The number of carboxylic acids is 2. The Labute approximate surface area is 123 Å². The van der Waals surface area contributed by atoms with E-state index in [9.17, 15) is 19.8 Å². The molecule has 0 spiro atoms. The van der Waals surface area contributed by atoms with Crippen molar-refractivity contribution in [2.75, 3.05) is 0 Å². The Morgan fingerprint density at radius 2 is 0.895 bits per heavy atom. The summed E-state index contributed by atoms with van der Waals surface area (Å²) < 4.78 is 0. The van der Waals surface area contributed by atoms with Crippen LogP contribution in [0, 0.1) is 0 Å². The molecule has 0 aliphatic carbocycles. The van der Waals surface area contributed by atoms with Gasteiger partial charge in [-0.15, -0.1) is 0 Å². The largest absolute Gasteiger partial charge is 2.00 e. The zero-order chi connectivity index (χ0) is 13.4. The maximum atomic E-state index is 10.1. The van der Waals surface area contributed by atoms with Crippen LogP contribution in [0.5, 0.6) is 0 Å². The Hall–Kier alpha value is -2.00. The van der Waals surface area contributed by atoms with Crippen molar-refractivity contribution in [1.29, 1.82) is 0 Å². The van der Waals surface area contributed by atoms with Gasteiger partial charge in [-0.25, -0.2) is 0 Å². The van der Waals surface area contributed by atoms with E-state index in [-0.39, 0.29) is 30.6 Å². The first-order valence-electron chi connectivity index (χ1n) is 5.14. The first-order chi connectivity index (χ1) is 8.61. The number of benzene rings is 2. The first-order valence-corrected chi connectivity index (χ1v) is 5.14. The van der Waals surface area contributed by atoms with Crippen molar-refractivity contribution in [2.45, 2.75) is 0 Å². The molecule has 0 atom stereocenters. The van der Waals surface area contributed by atoms with Crippen LogP contribution in [0.2, 0.25) is 0 Å². The van der Waals surface area contributed by atoms with E-state index >= 15 is 0 Å². The van der Waals surface area contributed by atoms with E-state index in [0.29, 0.717) is 0 Å². The van der Waals surface area contributed by atoms with Crippen LogP contribution in [0.1, 0.15) is 20.7 Å². The average Bonchev–Trinajstić information content (AvgIpc) is 2.41. The molecule has 0 aliphatic heterocycles. The Kier molecular flexibility index (Phi) is 8.06. The second-order valence-corrected chi connectivity index (χ2v) is 3.31. The zero-order valence-corrected chi connectivity index (χ0v) is 11.5. The van der Waals surface area contributed by atoms with E-state index in [0.717, 1.165) is 0 Å². The van der Waals surface area contributed by atoms with Crippen molar-refractivity contribution in [1.82, 2.24) is 0 Å². The summed E-state index contributed by atoms with van der Waals surface area (Å²) in [6.07, 6.45) is 0. The number of hydrogen-bond acceptors (Lipinski definition) is 4. The van der Waals surface area contributed by atoms with Gasteiger partial charge in [-0.05, 0) is 11.1 Å². The number of hydrogen-bond donors (Lipinski definition) is 0. The van der Waals surface area contributed by atoms with Crippen LogP contribution in [0.4, 0.5) is 0 Å². The van der Waals surface area contributed by atoms with Crippen molar-refractivity contribution in [3.05, 3.63) is 71.8 Å². The fourth-order valence-electron chi connectivity index (χ4n) is 1.15. The summed E-state index contributed by atoms with van der Waals surface area (Å²) in [5, 5.41) is 20.2. The molecule has 0 radical (unpaired) electrons. The number of carbonyl (C=O) groups is 2. The molecule has 0 saturated heterocycles. The molecular formula is C14H10O4Ru. The van der Waals surface area contributed by atoms with Gasteiger partial charge in [0.25, 0.3) is 0 Å². The van der Waals surface area contributed by atoms with Crippen molar-refractivity contribution in [2.24, 2.45) is 0 Å². The van der Waals surface area contributed by atoms with Gasteiger partial charge in [0.15, 0.2) is 0 Å². The van der Waals surface area contributed by atoms with Gasteiger partial charge in [0.05, 0.1) is 11.9 Å². The van der Waals surface area contributed by atoms with Crippen LogP contribution < -0.4 is 10.2 Å². The van der Waals surface area contributed by atoms with Gasteiger partial charge in [0, 0.05) is 0 Å². The molecule has 2 aromatic carbocycles. The van der Waals surface area contributed by atoms with E-state index in [1.54, 1.807) is 36.4 Å². The molecule has 2 rings (SSSR count). The maximum Gasteiger partial charge on any atom is 2.00 e. The fraction of sp³-hybridized carbons (Fsp3) is 0. The van der Waals surface area contributed by atoms with Crippen molar-refractivity contribution in [3.63, 3.8) is 0 Å². The fourth-order valence-corrected chi connectivity index (χ4v) is 1.15. The van der Waals surface area contributed by atoms with Crippen molar-refractivity contribution < 1.29 is 39.3 Å². The smallest absolute Gasteiger partial charge is 0.545 e. The van der Waals surface area contributed by atoms with Gasteiger partial charge in [0.2, 0.25) is 0 Å². The predicted molar refractivity (Wildman–Crippen MR) is 61.5 cm³/mol. The Balaban J connectivity index is 0.000000324. The molecule has 5 heteroatoms. The van der Waals surface area contributed by atoms with Gasteiger partial charge in [0.1, 0.15) is 0 Å². The molecule has 0 aromatic heterocycles. The minimum absolute atomic E-state index is 0. The topological polar surface area (TPSA) is 80.3 Å². The molecule has 0 aliphatic rings. The minimum atomic E-state index is -1.13. The number of carbonyl (C=O) groups excluding carboxylic acids is 2. The first kappa shape index (κ1) is 17.0. The molecule has 19 heavy (non-hydrogen) atoms. The predicted octanol–water partition coefficient (Wildman–Crippen LogP) is 0.0977. The molecule has 0 bridgehead atoms. The van der Waals surface area contributed by atoms with Gasteiger partial charge in [-0.3, -0.25) is 0 Å². The van der Waals surface area contributed by atoms with Crippen LogP contribution in [0.25, 0.3) is 0 Å². The monoisotopic (exact) mass is 344 g/mol. The van der Waals surface area contributed by atoms with Crippen LogP contribution >= 0.6 is 0 Å². The normalized spacial score (nSPS) is 8.42. The van der Waals surface area contributed by atoms with Crippen LogP contribution in [-0.4, -0.2) is 11.9 Å². The molecule has 0 N–H and O–H groups in total. The van der Waals surface area contributed by atoms with Crippen molar-refractivity contribution in [3.8, 4) is 0 Å². The third-order valence-corrected chi connectivity index (χ3v) is 2.02. The molecule has 4 nitrogen and oxygen atoms in total. The van der Waals surface area contributed by atoms with Gasteiger partial charge < -0.3 is 19.8 Å². The summed E-state index contributed by atoms with van der Waals surface area (Å²) in [5.41, 5.74) is 0.440. The van der Waals surface area contributed by atoms with Gasteiger partial charge >= 0.3 is 19.5 Å². The third-order valence-electron chi connectivity index (χ3n) is 2.02. The molecule has 0 heterocycles. The summed E-state index contributed by atoms with van der Waals surface area (Å²) in [6, 6.07) is 16.1. The molecule has 2 aromatic rings. The van der Waals surface area contributed by atoms with Crippen LogP contribution in [0.3, 0.4) is 0 Å². The number of carboxylic acid groups (broad SMARTS) is 2. The van der Waals surface area contributed by atoms with Gasteiger partial charge in [-0.1, -0.05) is 60.7 Å². The van der Waals surface area contributed by atoms with E-state index in [1.807, 2.05) is 0 Å². The molecular weight excluding hydrogens is 333 g/mol. The van der Waals surface area contributed by atoms with E-state index in [2.05, 4.69) is 0 Å². The Bertz CT molecular complexity index is 462. The molecule has 0 fully saturated rings. The van der Waals surface area contributed by atoms with Gasteiger partial charge in [-0.2, -0.15) is 0 Å². The summed E-state index contributed by atoms with van der Waals surface area (Å²) in [6.45, 7) is 0. The molecule has 0 saturated carbocycles. The third kappa shape index (κ3) is 6.48. The summed E-state index contributed by atoms with van der Waals surface area (Å²) in [5.74, 6) is -2.26. The molecule has 98 valence electrons. The summed E-state index contributed by atoms with van der Waals surface area (Å²) in [7, 11) is 0. The number of rotatable bonds is 2. The SMILES string of the molecule is O=C([O-])c1ccccc1.O=C([O-])c1ccccc1.[Ru+2]. The van der Waals surface area contributed by atoms with Crippen LogP contribution in [0.15, 0.2) is 60.7 Å². The van der Waals surface area contributed by atoms with Crippen LogP contribution in [-0.2, 0) is 19.5 Å². The Morgan fingerprint density at radius 1 is 0.632 bits per heavy atom. The van der Waals surface area contributed by atoms with E-state index < -0.39 is 11.9 Å².